The minimum Gasteiger partial charge on any atom is -0.462 e. The molecule has 0 atom stereocenters. The van der Waals surface area contributed by atoms with Crippen LogP contribution in [0.5, 0.6) is 0 Å². The molecule has 1 saturated carbocycles. The smallest absolute Gasteiger partial charge is 0.347 e. The number of anilines is 1. The number of pyridine rings is 1. The van der Waals surface area contributed by atoms with E-state index in [0.29, 0.717) is 5.36 Å². The molecule has 0 amide bonds. The molecule has 0 bridgehead atoms. The van der Waals surface area contributed by atoms with Crippen LogP contribution in [0.3, 0.4) is 0 Å². The van der Waals surface area contributed by atoms with Gasteiger partial charge in [-0.25, -0.2) is 9.59 Å². The summed E-state index contributed by atoms with van der Waals surface area (Å²) in [5.41, 5.74) is 0.240. The van der Waals surface area contributed by atoms with Crippen LogP contribution < -0.4 is 16.0 Å². The maximum atomic E-state index is 12.4. The lowest BCUT2D eigenvalue weighted by Gasteiger charge is -2.31. The molecule has 0 radical (unpaired) electrons. The number of nitrogens with zero attached hydrogens (tertiary/aromatic N) is 2. The fourth-order valence-corrected chi connectivity index (χ4v) is 3.40. The van der Waals surface area contributed by atoms with E-state index in [2.05, 4.69) is 10.3 Å². The Labute approximate surface area is 146 Å². The van der Waals surface area contributed by atoms with E-state index >= 15 is 0 Å². The summed E-state index contributed by atoms with van der Waals surface area (Å²) in [5.74, 6) is -1.47. The number of hydrogen-bond donors (Lipinski definition) is 1. The van der Waals surface area contributed by atoms with Gasteiger partial charge in [-0.15, -0.1) is 0 Å². The van der Waals surface area contributed by atoms with Crippen molar-refractivity contribution in [3.8, 4) is 0 Å². The van der Waals surface area contributed by atoms with E-state index in [0.717, 1.165) is 31.4 Å². The van der Waals surface area contributed by atoms with E-state index in [-0.39, 0.29) is 29.8 Å². The molecule has 3 rings (SSSR count). The van der Waals surface area contributed by atoms with Gasteiger partial charge in [0.05, 0.1) is 18.9 Å². The molecule has 2 heterocycles. The highest BCUT2D eigenvalue weighted by atomic mass is 16.6. The Balaban J connectivity index is 2.19. The zero-order valence-corrected chi connectivity index (χ0v) is 14.6. The number of aromatic nitrogens is 1. The zero-order valence-electron chi connectivity index (χ0n) is 14.6. The Bertz CT molecular complexity index is 777. The second kappa shape index (κ2) is 7.21. The molecule has 134 valence electrons. The Morgan fingerprint density at radius 3 is 2.36 bits per heavy atom. The molecule has 1 aliphatic heterocycles. The highest BCUT2D eigenvalue weighted by Crippen LogP contribution is 2.34. The maximum absolute atomic E-state index is 12.4. The zero-order chi connectivity index (χ0) is 17.9. The van der Waals surface area contributed by atoms with Crippen LogP contribution in [0.2, 0.25) is 0 Å². The molecule has 1 fully saturated rings. The van der Waals surface area contributed by atoms with Gasteiger partial charge in [-0.3, -0.25) is 9.98 Å². The van der Waals surface area contributed by atoms with Gasteiger partial charge in [-0.1, -0.05) is 6.42 Å². The van der Waals surface area contributed by atoms with Gasteiger partial charge in [0.2, 0.25) is 0 Å². The number of carbonyl (C=O) groups excluding carboxylic acids is 2. The van der Waals surface area contributed by atoms with Crippen molar-refractivity contribution in [2.45, 2.75) is 51.6 Å². The first kappa shape index (κ1) is 17.4. The van der Waals surface area contributed by atoms with Crippen LogP contribution in [0, 0.1) is 0 Å². The lowest BCUT2D eigenvalue weighted by Crippen LogP contribution is -2.37. The van der Waals surface area contributed by atoms with Gasteiger partial charge >= 0.3 is 11.9 Å². The van der Waals surface area contributed by atoms with E-state index in [9.17, 15) is 9.59 Å². The van der Waals surface area contributed by atoms with Crippen LogP contribution in [-0.4, -0.2) is 35.8 Å². The fraction of sp³-hybridized carbons (Fsp3) is 0.556. The average molecular weight is 345 g/mol. The van der Waals surface area contributed by atoms with Crippen molar-refractivity contribution in [1.29, 1.82) is 0 Å². The Kier molecular flexibility index (Phi) is 5.01. The molecular weight excluding hydrogens is 322 g/mol. The van der Waals surface area contributed by atoms with Crippen molar-refractivity contribution in [1.82, 2.24) is 4.98 Å². The maximum Gasteiger partial charge on any atom is 0.347 e. The van der Waals surface area contributed by atoms with Crippen LogP contribution >= 0.6 is 0 Å². The van der Waals surface area contributed by atoms with Crippen molar-refractivity contribution in [3.63, 3.8) is 0 Å². The number of esters is 2. The summed E-state index contributed by atoms with van der Waals surface area (Å²) in [4.78, 5) is 33.8. The molecule has 1 spiro atoms. The Morgan fingerprint density at radius 1 is 1.12 bits per heavy atom. The molecule has 25 heavy (non-hydrogen) atoms. The molecule has 1 N–H and O–H groups in total. The van der Waals surface area contributed by atoms with Gasteiger partial charge in [0.15, 0.2) is 5.57 Å². The molecule has 2 aliphatic rings. The van der Waals surface area contributed by atoms with Crippen molar-refractivity contribution < 1.29 is 19.1 Å². The largest absolute Gasteiger partial charge is 0.462 e. The second-order valence-corrected chi connectivity index (χ2v) is 6.20. The molecule has 7 heteroatoms. The number of hydrogen-bond acceptors (Lipinski definition) is 7. The van der Waals surface area contributed by atoms with Gasteiger partial charge < -0.3 is 14.8 Å². The first-order valence-electron chi connectivity index (χ1n) is 8.82. The topological polar surface area (TPSA) is 89.9 Å². The third kappa shape index (κ3) is 3.36. The van der Waals surface area contributed by atoms with E-state index in [1.165, 1.54) is 6.42 Å². The van der Waals surface area contributed by atoms with E-state index in [1.54, 1.807) is 20.0 Å². The van der Waals surface area contributed by atoms with Crippen LogP contribution in [0.25, 0.3) is 5.57 Å². The SMILES string of the molecule is CCOC(=O)C(C(=O)OCC)=c1nccc2c1=NC1(CCCCC1)N2. The monoisotopic (exact) mass is 345 g/mol. The second-order valence-electron chi connectivity index (χ2n) is 6.20. The third-order valence-corrected chi connectivity index (χ3v) is 4.49. The summed E-state index contributed by atoms with van der Waals surface area (Å²) < 4.78 is 10.1. The third-order valence-electron chi connectivity index (χ3n) is 4.49. The van der Waals surface area contributed by atoms with Crippen LogP contribution in [0.4, 0.5) is 5.69 Å². The summed E-state index contributed by atoms with van der Waals surface area (Å²) in [6.07, 6.45) is 6.81. The Morgan fingerprint density at radius 2 is 1.76 bits per heavy atom. The summed E-state index contributed by atoms with van der Waals surface area (Å²) in [6.45, 7) is 3.70. The number of nitrogens with one attached hydrogen (secondary N) is 1. The summed E-state index contributed by atoms with van der Waals surface area (Å²) in [7, 11) is 0. The van der Waals surface area contributed by atoms with Crippen molar-refractivity contribution in [3.05, 3.63) is 23.0 Å². The minimum absolute atomic E-state index is 0.163. The number of fused-ring (bicyclic) bond motifs is 1. The van der Waals surface area contributed by atoms with E-state index in [1.807, 2.05) is 6.07 Å². The highest BCUT2D eigenvalue weighted by molar-refractivity contribution is 6.36. The van der Waals surface area contributed by atoms with Crippen LogP contribution in [0.1, 0.15) is 46.0 Å². The summed E-state index contributed by atoms with van der Waals surface area (Å²) >= 11 is 0. The number of ether oxygens (including phenoxy) is 2. The van der Waals surface area contributed by atoms with Gasteiger partial charge in [0.1, 0.15) is 16.4 Å². The first-order chi connectivity index (χ1) is 12.1. The van der Waals surface area contributed by atoms with Gasteiger partial charge in [0.25, 0.3) is 0 Å². The van der Waals surface area contributed by atoms with Gasteiger partial charge in [-0.05, 0) is 45.6 Å². The van der Waals surface area contributed by atoms with Gasteiger partial charge in [0, 0.05) is 6.20 Å². The minimum atomic E-state index is -0.735. The Hall–Kier alpha value is -2.44. The summed E-state index contributed by atoms with van der Waals surface area (Å²) in [5, 5.41) is 4.23. The quantitative estimate of drug-likeness (QED) is 0.648. The lowest BCUT2D eigenvalue weighted by molar-refractivity contribution is -0.142. The molecule has 0 aromatic carbocycles. The highest BCUT2D eigenvalue weighted by Gasteiger charge is 2.36. The van der Waals surface area contributed by atoms with E-state index in [4.69, 9.17) is 14.5 Å². The summed E-state index contributed by atoms with van der Waals surface area (Å²) in [6, 6.07) is 1.82. The standard InChI is InChI=1S/C18H23N3O4/c1-3-24-16(22)13(17(23)25-4-2)15-14-12(8-11-19-15)20-18(21-14)9-6-5-7-10-18/h8,11,20H,3-7,9-10H2,1-2H3. The predicted molar refractivity (Wildman–Crippen MR) is 91.1 cm³/mol. The van der Waals surface area contributed by atoms with Crippen LogP contribution in [-0.2, 0) is 19.1 Å². The number of rotatable bonds is 4. The van der Waals surface area contributed by atoms with Crippen molar-refractivity contribution in [2.24, 2.45) is 4.99 Å². The lowest BCUT2D eigenvalue weighted by atomic mass is 9.90. The molecule has 0 unspecified atom stereocenters. The van der Waals surface area contributed by atoms with E-state index < -0.39 is 11.9 Å². The van der Waals surface area contributed by atoms with Crippen LogP contribution in [0.15, 0.2) is 17.3 Å². The molecule has 7 nitrogen and oxygen atoms in total. The molecule has 0 saturated heterocycles. The van der Waals surface area contributed by atoms with Gasteiger partial charge in [-0.2, -0.15) is 0 Å². The normalized spacial score (nSPS) is 17.2. The van der Waals surface area contributed by atoms with Crippen molar-refractivity contribution >= 4 is 23.2 Å². The molecule has 1 aliphatic carbocycles. The number of carbonyl (C=O) groups is 2. The average Bonchev–Trinajstić information content (AvgIpc) is 2.94. The predicted octanol–water partition coefficient (Wildman–Crippen LogP) is 1.06. The molecule has 1 aromatic heterocycles. The fourth-order valence-electron chi connectivity index (χ4n) is 3.40. The first-order valence-corrected chi connectivity index (χ1v) is 8.82. The molecular formula is C18H23N3O4. The van der Waals surface area contributed by atoms with Crippen molar-refractivity contribution in [2.75, 3.05) is 18.5 Å². The molecule has 1 aromatic rings.